The Bertz CT molecular complexity index is 1100. The number of phenolic OH excluding ortho intramolecular Hbond substituents is 2. The molecular weight excluding hydrogens is 388 g/mol. The van der Waals surface area contributed by atoms with E-state index in [4.69, 9.17) is 10.5 Å². The molecule has 0 unspecified atom stereocenters. The van der Waals surface area contributed by atoms with E-state index in [9.17, 15) is 24.6 Å². The first kappa shape index (κ1) is 20.7. The van der Waals surface area contributed by atoms with Crippen LogP contribution in [0.3, 0.4) is 0 Å². The molecule has 2 amide bonds. The molecule has 0 spiro atoms. The maximum absolute atomic E-state index is 12.8. The lowest BCUT2D eigenvalue weighted by Crippen LogP contribution is -2.44. The molecule has 0 saturated heterocycles. The van der Waals surface area contributed by atoms with Gasteiger partial charge in [0.2, 0.25) is 5.91 Å². The van der Waals surface area contributed by atoms with Gasteiger partial charge in [-0.1, -0.05) is 42.5 Å². The lowest BCUT2D eigenvalue weighted by Gasteiger charge is -2.17. The van der Waals surface area contributed by atoms with Gasteiger partial charge in [0.1, 0.15) is 24.1 Å². The highest BCUT2D eigenvalue weighted by molar-refractivity contribution is 6.10. The van der Waals surface area contributed by atoms with Crippen LogP contribution in [0.25, 0.3) is 10.8 Å². The molecule has 0 aliphatic carbocycles. The van der Waals surface area contributed by atoms with Crippen molar-refractivity contribution >= 4 is 28.6 Å². The minimum Gasteiger partial charge on any atom is -0.508 e. The highest BCUT2D eigenvalue weighted by atomic mass is 16.5. The van der Waals surface area contributed by atoms with Crippen LogP contribution in [-0.2, 0) is 20.9 Å². The minimum absolute atomic E-state index is 0.0197. The number of esters is 1. The van der Waals surface area contributed by atoms with Gasteiger partial charge in [-0.15, -0.1) is 0 Å². The van der Waals surface area contributed by atoms with E-state index in [1.807, 2.05) is 6.07 Å². The molecule has 0 heterocycles. The highest BCUT2D eigenvalue weighted by Crippen LogP contribution is 2.31. The Morgan fingerprint density at radius 2 is 1.70 bits per heavy atom. The van der Waals surface area contributed by atoms with Crippen molar-refractivity contribution < 1.29 is 29.3 Å². The summed E-state index contributed by atoms with van der Waals surface area (Å²) < 4.78 is 5.21. The molecule has 1 atom stereocenters. The number of rotatable bonds is 7. The number of hydrogen-bond acceptors (Lipinski definition) is 6. The van der Waals surface area contributed by atoms with Crippen molar-refractivity contribution in [3.05, 3.63) is 71.8 Å². The van der Waals surface area contributed by atoms with E-state index in [-0.39, 0.29) is 29.1 Å². The van der Waals surface area contributed by atoms with Crippen LogP contribution in [-0.4, -0.2) is 34.0 Å². The van der Waals surface area contributed by atoms with Crippen LogP contribution in [0, 0.1) is 0 Å². The van der Waals surface area contributed by atoms with E-state index < -0.39 is 30.2 Å². The molecule has 3 aromatic carbocycles. The minimum atomic E-state index is -1.31. The predicted octanol–water partition coefficient (Wildman–Crippen LogP) is 1.97. The van der Waals surface area contributed by atoms with E-state index in [1.165, 1.54) is 18.2 Å². The van der Waals surface area contributed by atoms with Crippen molar-refractivity contribution in [3.63, 3.8) is 0 Å². The summed E-state index contributed by atoms with van der Waals surface area (Å²) in [6.07, 6.45) is -0.457. The fourth-order valence-corrected chi connectivity index (χ4v) is 3.00. The second-order valence-electron chi connectivity index (χ2n) is 6.66. The Morgan fingerprint density at radius 1 is 0.967 bits per heavy atom. The lowest BCUT2D eigenvalue weighted by molar-refractivity contribution is -0.148. The molecule has 3 rings (SSSR count). The molecule has 0 fully saturated rings. The molecule has 0 saturated carbocycles. The molecule has 30 heavy (non-hydrogen) atoms. The first-order chi connectivity index (χ1) is 14.3. The average Bonchev–Trinajstić information content (AvgIpc) is 2.72. The first-order valence-electron chi connectivity index (χ1n) is 9.09. The van der Waals surface area contributed by atoms with Crippen molar-refractivity contribution in [2.45, 2.75) is 19.1 Å². The van der Waals surface area contributed by atoms with Crippen LogP contribution in [0.2, 0.25) is 0 Å². The lowest BCUT2D eigenvalue weighted by atomic mass is 10.0. The van der Waals surface area contributed by atoms with Gasteiger partial charge in [0.15, 0.2) is 0 Å². The van der Waals surface area contributed by atoms with Gasteiger partial charge in [0.25, 0.3) is 5.91 Å². The van der Waals surface area contributed by atoms with Gasteiger partial charge >= 0.3 is 5.97 Å². The number of aromatic hydroxyl groups is 2. The largest absolute Gasteiger partial charge is 0.508 e. The molecule has 5 N–H and O–H groups in total. The van der Waals surface area contributed by atoms with Crippen LogP contribution in [0.4, 0.5) is 0 Å². The molecule has 0 aliphatic rings. The number of phenols is 2. The van der Waals surface area contributed by atoms with Crippen LogP contribution in [0.5, 0.6) is 11.5 Å². The molecule has 0 aliphatic heterocycles. The monoisotopic (exact) mass is 408 g/mol. The van der Waals surface area contributed by atoms with Gasteiger partial charge in [0.05, 0.1) is 12.0 Å². The van der Waals surface area contributed by atoms with Crippen LogP contribution >= 0.6 is 0 Å². The molecule has 8 heteroatoms. The Labute approximate surface area is 171 Å². The molecule has 0 radical (unpaired) electrons. The molecular formula is C22H20N2O6. The topological polar surface area (TPSA) is 139 Å². The summed E-state index contributed by atoms with van der Waals surface area (Å²) in [6, 6.07) is 14.7. The number of carbonyl (C=O) groups excluding carboxylic acids is 3. The smallest absolute Gasteiger partial charge is 0.329 e. The maximum atomic E-state index is 12.8. The fraction of sp³-hybridized carbons (Fsp3) is 0.136. The summed E-state index contributed by atoms with van der Waals surface area (Å²) in [7, 11) is 0. The van der Waals surface area contributed by atoms with Gasteiger partial charge in [-0.3, -0.25) is 9.59 Å². The number of primary amides is 1. The number of benzene rings is 3. The van der Waals surface area contributed by atoms with Crippen LogP contribution in [0.15, 0.2) is 60.7 Å². The zero-order chi connectivity index (χ0) is 21.7. The van der Waals surface area contributed by atoms with E-state index in [0.29, 0.717) is 5.39 Å². The molecule has 154 valence electrons. The Kier molecular flexibility index (Phi) is 6.17. The highest BCUT2D eigenvalue weighted by Gasteiger charge is 2.26. The summed E-state index contributed by atoms with van der Waals surface area (Å²) >= 11 is 0. The fourth-order valence-electron chi connectivity index (χ4n) is 3.00. The number of nitrogens with one attached hydrogen (secondary N) is 1. The number of fused-ring (bicyclic) bond motifs is 1. The average molecular weight is 408 g/mol. The zero-order valence-corrected chi connectivity index (χ0v) is 15.9. The van der Waals surface area contributed by atoms with Gasteiger partial charge < -0.3 is 26.0 Å². The molecule has 0 bridgehead atoms. The van der Waals surface area contributed by atoms with Gasteiger partial charge in [-0.2, -0.15) is 0 Å². The predicted molar refractivity (Wildman–Crippen MR) is 109 cm³/mol. The van der Waals surface area contributed by atoms with Crippen molar-refractivity contribution in [2.75, 3.05) is 0 Å². The van der Waals surface area contributed by atoms with Gasteiger partial charge in [-0.25, -0.2) is 4.79 Å². The summed E-state index contributed by atoms with van der Waals surface area (Å²) in [5.41, 5.74) is 5.98. The van der Waals surface area contributed by atoms with Crippen LogP contribution < -0.4 is 11.1 Å². The normalized spacial score (nSPS) is 11.6. The maximum Gasteiger partial charge on any atom is 0.329 e. The SMILES string of the molecule is NC(=O)C[C@H](NC(=O)c1cc(O)cc2c(O)cccc12)C(=O)OCc1ccccc1. The summed E-state index contributed by atoms with van der Waals surface area (Å²) in [6.45, 7) is -0.0340. The van der Waals surface area contributed by atoms with E-state index in [0.717, 1.165) is 5.56 Å². The third-order valence-electron chi connectivity index (χ3n) is 4.42. The quantitative estimate of drug-likeness (QED) is 0.441. The van der Waals surface area contributed by atoms with Crippen molar-refractivity contribution in [2.24, 2.45) is 5.73 Å². The van der Waals surface area contributed by atoms with E-state index in [2.05, 4.69) is 5.32 Å². The summed E-state index contributed by atoms with van der Waals surface area (Å²) in [5, 5.41) is 23.0. The van der Waals surface area contributed by atoms with Crippen molar-refractivity contribution in [1.82, 2.24) is 5.32 Å². The van der Waals surface area contributed by atoms with Crippen molar-refractivity contribution in [1.29, 1.82) is 0 Å². The standard InChI is InChI=1S/C22H20N2O6/c23-20(27)11-18(22(29)30-12-13-5-2-1-3-6-13)24-21(28)17-10-14(25)9-16-15(17)7-4-8-19(16)26/h1-10,18,25-26H,11-12H2,(H2,23,27)(H,24,28)/t18-/m0/s1. The van der Waals surface area contributed by atoms with Gasteiger partial charge in [-0.05, 0) is 29.1 Å². The third kappa shape index (κ3) is 4.85. The van der Waals surface area contributed by atoms with E-state index >= 15 is 0 Å². The summed E-state index contributed by atoms with van der Waals surface area (Å²) in [4.78, 5) is 36.7. The summed E-state index contributed by atoms with van der Waals surface area (Å²) in [5.74, 6) is -2.71. The van der Waals surface area contributed by atoms with E-state index in [1.54, 1.807) is 36.4 Å². The molecule has 3 aromatic rings. The Hall–Kier alpha value is -4.07. The molecule has 8 nitrogen and oxygen atoms in total. The number of carbonyl (C=O) groups is 3. The Morgan fingerprint density at radius 3 is 2.40 bits per heavy atom. The second kappa shape index (κ2) is 8.95. The van der Waals surface area contributed by atoms with Crippen molar-refractivity contribution in [3.8, 4) is 11.5 Å². The zero-order valence-electron chi connectivity index (χ0n) is 15.9. The second-order valence-corrected chi connectivity index (χ2v) is 6.66. The van der Waals surface area contributed by atoms with Gasteiger partial charge in [0, 0.05) is 5.39 Å². The first-order valence-corrected chi connectivity index (χ1v) is 9.09. The number of hydrogen-bond donors (Lipinski definition) is 4. The molecule has 0 aromatic heterocycles. The van der Waals surface area contributed by atoms with Crippen LogP contribution in [0.1, 0.15) is 22.3 Å². The number of amides is 2. The third-order valence-corrected chi connectivity index (χ3v) is 4.42. The number of nitrogens with two attached hydrogens (primary N) is 1. The number of ether oxygens (including phenoxy) is 1. The Balaban J connectivity index is 1.82.